The monoisotopic (exact) mass is 444 g/mol. The Kier molecular flexibility index (Phi) is 5.47. The van der Waals surface area contributed by atoms with Gasteiger partial charge in [-0.3, -0.25) is 24.4 Å². The fourth-order valence-electron chi connectivity index (χ4n) is 4.20. The van der Waals surface area contributed by atoms with Crippen molar-refractivity contribution in [2.45, 2.75) is 32.4 Å². The third-order valence-electron chi connectivity index (χ3n) is 5.96. The number of aromatic nitrogens is 4. The van der Waals surface area contributed by atoms with Gasteiger partial charge in [-0.15, -0.1) is 0 Å². The molecule has 4 aromatic heterocycles. The van der Waals surface area contributed by atoms with Crippen LogP contribution in [0.4, 0.5) is 0 Å². The Morgan fingerprint density at radius 2 is 2.18 bits per heavy atom. The zero-order chi connectivity index (χ0) is 22.9. The molecule has 4 aromatic rings. The Bertz CT molecular complexity index is 1470. The number of hydrogen-bond donors (Lipinski definition) is 2. The first-order valence-electron chi connectivity index (χ1n) is 10.9. The van der Waals surface area contributed by atoms with Crippen LogP contribution in [-0.4, -0.2) is 44.1 Å². The lowest BCUT2D eigenvalue weighted by Crippen LogP contribution is -2.38. The van der Waals surface area contributed by atoms with Crippen molar-refractivity contribution in [2.24, 2.45) is 0 Å². The van der Waals surface area contributed by atoms with E-state index in [0.29, 0.717) is 24.4 Å². The fraction of sp³-hybridized carbons (Fsp3) is 0.292. The lowest BCUT2D eigenvalue weighted by atomic mass is 10.1. The summed E-state index contributed by atoms with van der Waals surface area (Å²) in [5.74, 6) is -0.411. The van der Waals surface area contributed by atoms with Gasteiger partial charge in [-0.25, -0.2) is 4.98 Å². The number of amides is 1. The molecule has 1 aliphatic rings. The van der Waals surface area contributed by atoms with Crippen molar-refractivity contribution in [1.29, 1.82) is 5.41 Å². The van der Waals surface area contributed by atoms with Crippen molar-refractivity contribution in [3.05, 3.63) is 81.5 Å². The normalized spacial score (nSPS) is 15.8. The summed E-state index contributed by atoms with van der Waals surface area (Å²) in [6.07, 6.45) is 6.87. The van der Waals surface area contributed by atoms with Crippen LogP contribution in [0.25, 0.3) is 16.7 Å². The van der Waals surface area contributed by atoms with E-state index in [1.165, 1.54) is 10.5 Å². The quantitative estimate of drug-likeness (QED) is 0.456. The van der Waals surface area contributed by atoms with Gasteiger partial charge in [0.15, 0.2) is 0 Å². The number of nitrogens with zero attached hydrogens (tertiary/aromatic N) is 4. The summed E-state index contributed by atoms with van der Waals surface area (Å²) >= 11 is 0. The van der Waals surface area contributed by atoms with Gasteiger partial charge in [-0.2, -0.15) is 0 Å². The van der Waals surface area contributed by atoms with Gasteiger partial charge >= 0.3 is 0 Å². The van der Waals surface area contributed by atoms with Crippen LogP contribution in [0, 0.1) is 12.3 Å². The highest BCUT2D eigenvalue weighted by Crippen LogP contribution is 2.15. The highest BCUT2D eigenvalue weighted by atomic mass is 16.5. The Morgan fingerprint density at radius 1 is 1.30 bits per heavy atom. The Hall–Kier alpha value is -3.85. The minimum absolute atomic E-state index is 0.0129. The van der Waals surface area contributed by atoms with Crippen LogP contribution in [0.3, 0.4) is 0 Å². The van der Waals surface area contributed by atoms with Gasteiger partial charge in [0.05, 0.1) is 23.6 Å². The predicted molar refractivity (Wildman–Crippen MR) is 122 cm³/mol. The number of pyridine rings is 3. The molecule has 1 saturated heterocycles. The van der Waals surface area contributed by atoms with E-state index < -0.39 is 5.91 Å². The molecule has 168 valence electrons. The molecule has 1 aliphatic heterocycles. The number of nitrogens with one attached hydrogen (secondary N) is 2. The van der Waals surface area contributed by atoms with Crippen molar-refractivity contribution < 1.29 is 9.53 Å². The molecule has 0 saturated carbocycles. The predicted octanol–water partition coefficient (Wildman–Crippen LogP) is 1.79. The second-order valence-electron chi connectivity index (χ2n) is 8.24. The van der Waals surface area contributed by atoms with E-state index in [1.54, 1.807) is 29.2 Å². The average Bonchev–Trinajstić information content (AvgIpc) is 3.35. The third kappa shape index (κ3) is 3.91. The van der Waals surface area contributed by atoms with E-state index >= 15 is 0 Å². The van der Waals surface area contributed by atoms with Crippen LogP contribution in [0.1, 0.15) is 34.3 Å². The lowest BCUT2D eigenvalue weighted by molar-refractivity contribution is 0.0856. The molecular weight excluding hydrogens is 420 g/mol. The maximum atomic E-state index is 13.4. The number of fused-ring (bicyclic) bond motifs is 2. The van der Waals surface area contributed by atoms with E-state index in [-0.39, 0.29) is 34.6 Å². The number of hydrogen-bond acceptors (Lipinski definition) is 6. The van der Waals surface area contributed by atoms with Crippen LogP contribution >= 0.6 is 0 Å². The minimum Gasteiger partial charge on any atom is -0.376 e. The van der Waals surface area contributed by atoms with Crippen LogP contribution in [0.15, 0.2) is 53.7 Å². The first-order chi connectivity index (χ1) is 16.0. The zero-order valence-corrected chi connectivity index (χ0v) is 18.2. The molecule has 0 unspecified atom stereocenters. The highest BCUT2D eigenvalue weighted by molar-refractivity contribution is 5.96. The molecule has 0 radical (unpaired) electrons. The van der Waals surface area contributed by atoms with E-state index in [9.17, 15) is 9.59 Å². The summed E-state index contributed by atoms with van der Waals surface area (Å²) in [4.78, 5) is 35.3. The van der Waals surface area contributed by atoms with Crippen LogP contribution in [0.5, 0.6) is 0 Å². The standard InChI is InChI=1S/C24H24N6O3/c1-15-5-3-9-29-21(15)28-22-19(24(29)32)11-18(23(31)27-13-17-7-4-10-33-17)20(25)30(22)14-16-6-2-8-26-12-16/h2-3,5-6,8-9,11-12,17,25H,4,7,10,13-14H2,1H3,(H,27,31)/t17-/m0/s1. The molecule has 2 N–H and O–H groups in total. The molecule has 0 spiro atoms. The van der Waals surface area contributed by atoms with Crippen molar-refractivity contribution in [1.82, 2.24) is 24.3 Å². The minimum atomic E-state index is -0.411. The van der Waals surface area contributed by atoms with Crippen molar-refractivity contribution in [3.63, 3.8) is 0 Å². The molecule has 0 aromatic carbocycles. The fourth-order valence-corrected chi connectivity index (χ4v) is 4.20. The van der Waals surface area contributed by atoms with Crippen molar-refractivity contribution in [3.8, 4) is 0 Å². The van der Waals surface area contributed by atoms with Gasteiger partial charge in [0.2, 0.25) is 0 Å². The molecule has 9 nitrogen and oxygen atoms in total. The first-order valence-corrected chi connectivity index (χ1v) is 10.9. The van der Waals surface area contributed by atoms with Crippen LogP contribution in [-0.2, 0) is 11.3 Å². The summed E-state index contributed by atoms with van der Waals surface area (Å²) in [7, 11) is 0. The Morgan fingerprint density at radius 3 is 2.94 bits per heavy atom. The second kappa shape index (κ2) is 8.59. The molecule has 1 fully saturated rings. The number of aryl methyl sites for hydroxylation is 1. The Balaban J connectivity index is 1.69. The average molecular weight is 444 g/mol. The molecule has 5 heterocycles. The molecule has 9 heteroatoms. The van der Waals surface area contributed by atoms with Crippen LogP contribution in [0.2, 0.25) is 0 Å². The van der Waals surface area contributed by atoms with Crippen molar-refractivity contribution >= 4 is 22.6 Å². The third-order valence-corrected chi connectivity index (χ3v) is 5.96. The molecule has 5 rings (SSSR count). The lowest BCUT2D eigenvalue weighted by Gasteiger charge is -2.16. The maximum Gasteiger partial charge on any atom is 0.267 e. The van der Waals surface area contributed by atoms with Gasteiger partial charge in [0, 0.05) is 31.7 Å². The number of ether oxygens (including phenoxy) is 1. The van der Waals surface area contributed by atoms with E-state index in [1.807, 2.05) is 25.1 Å². The number of rotatable bonds is 5. The SMILES string of the molecule is Cc1cccn2c(=O)c3cc(C(=O)NC[C@@H]4CCCO4)c(=N)n(Cc4cccnc4)c3nc12. The molecule has 33 heavy (non-hydrogen) atoms. The summed E-state index contributed by atoms with van der Waals surface area (Å²) in [5, 5.41) is 12.0. The summed E-state index contributed by atoms with van der Waals surface area (Å²) in [6, 6.07) is 8.84. The molecule has 1 amide bonds. The maximum absolute atomic E-state index is 13.4. The summed E-state index contributed by atoms with van der Waals surface area (Å²) in [6.45, 7) is 3.20. The Labute approximate surface area is 189 Å². The van der Waals surface area contributed by atoms with Gasteiger partial charge in [-0.05, 0) is 49.1 Å². The first kappa shape index (κ1) is 21.0. The van der Waals surface area contributed by atoms with E-state index in [2.05, 4.69) is 10.3 Å². The molecule has 0 aliphatic carbocycles. The second-order valence-corrected chi connectivity index (χ2v) is 8.24. The molecule has 1 atom stereocenters. The van der Waals surface area contributed by atoms with Gasteiger partial charge in [-0.1, -0.05) is 12.1 Å². The van der Waals surface area contributed by atoms with Crippen LogP contribution < -0.4 is 16.4 Å². The topological polar surface area (TPSA) is 114 Å². The van der Waals surface area contributed by atoms with Gasteiger partial charge in [0.1, 0.15) is 16.8 Å². The summed E-state index contributed by atoms with van der Waals surface area (Å²) in [5.41, 5.74) is 2.38. The highest BCUT2D eigenvalue weighted by Gasteiger charge is 2.20. The number of carbonyl (C=O) groups excluding carboxylic acids is 1. The smallest absolute Gasteiger partial charge is 0.267 e. The van der Waals surface area contributed by atoms with Gasteiger partial charge < -0.3 is 14.6 Å². The van der Waals surface area contributed by atoms with E-state index in [4.69, 9.17) is 15.1 Å². The van der Waals surface area contributed by atoms with Crippen molar-refractivity contribution in [2.75, 3.05) is 13.2 Å². The zero-order valence-electron chi connectivity index (χ0n) is 18.2. The largest absolute Gasteiger partial charge is 0.376 e. The van der Waals surface area contributed by atoms with Gasteiger partial charge in [0.25, 0.3) is 11.5 Å². The van der Waals surface area contributed by atoms with E-state index in [0.717, 1.165) is 24.0 Å². The number of carbonyl (C=O) groups is 1. The molecule has 0 bridgehead atoms. The molecular formula is C24H24N6O3. The summed E-state index contributed by atoms with van der Waals surface area (Å²) < 4.78 is 8.66.